The topological polar surface area (TPSA) is 116 Å². The Balaban J connectivity index is 1.34. The van der Waals surface area contributed by atoms with E-state index in [9.17, 15) is 19.5 Å². The number of nitrogens with one attached hydrogen (secondary N) is 2. The molecule has 180 valence electrons. The van der Waals surface area contributed by atoms with Crippen LogP contribution in [0.15, 0.2) is 36.4 Å². The fourth-order valence-electron chi connectivity index (χ4n) is 5.44. The van der Waals surface area contributed by atoms with Gasteiger partial charge in [0.2, 0.25) is 11.8 Å². The summed E-state index contributed by atoms with van der Waals surface area (Å²) >= 11 is 0. The number of carbonyl (C=O) groups is 3. The number of aryl methyl sites for hydroxylation is 1. The predicted octanol–water partition coefficient (Wildman–Crippen LogP) is 3.42. The molecule has 2 bridgehead atoms. The molecule has 4 atom stereocenters. The molecular weight excluding hydrogens is 420 g/mol. The summed E-state index contributed by atoms with van der Waals surface area (Å²) in [5.74, 6) is 1.56. The van der Waals surface area contributed by atoms with Gasteiger partial charge in [0.15, 0.2) is 0 Å². The molecule has 33 heavy (non-hydrogen) atoms. The van der Waals surface area contributed by atoms with Gasteiger partial charge in [0.1, 0.15) is 5.75 Å². The number of benzene rings is 1. The van der Waals surface area contributed by atoms with Crippen LogP contribution in [0, 0.1) is 23.7 Å². The molecule has 2 amide bonds. The van der Waals surface area contributed by atoms with E-state index in [1.807, 2.05) is 0 Å². The van der Waals surface area contributed by atoms with E-state index in [1.54, 1.807) is 24.3 Å². The summed E-state index contributed by atoms with van der Waals surface area (Å²) in [5, 5.41) is 23.7. The lowest BCUT2D eigenvalue weighted by Crippen LogP contribution is -2.41. The van der Waals surface area contributed by atoms with Crippen molar-refractivity contribution in [1.82, 2.24) is 10.6 Å². The molecule has 3 rings (SSSR count). The van der Waals surface area contributed by atoms with Crippen LogP contribution in [0.3, 0.4) is 0 Å². The molecule has 0 radical (unpaired) electrons. The third-order valence-electron chi connectivity index (χ3n) is 7.17. The number of amides is 2. The lowest BCUT2D eigenvalue weighted by Gasteiger charge is -2.30. The molecular formula is C26H36N2O5. The van der Waals surface area contributed by atoms with Crippen LogP contribution >= 0.6 is 0 Å². The van der Waals surface area contributed by atoms with Gasteiger partial charge < -0.3 is 20.8 Å². The van der Waals surface area contributed by atoms with Crippen molar-refractivity contribution in [2.24, 2.45) is 23.7 Å². The Morgan fingerprint density at radius 3 is 2.39 bits per heavy atom. The van der Waals surface area contributed by atoms with Gasteiger partial charge in [-0.25, -0.2) is 0 Å². The third-order valence-corrected chi connectivity index (χ3v) is 7.17. The van der Waals surface area contributed by atoms with Crippen molar-refractivity contribution in [3.63, 3.8) is 0 Å². The molecule has 4 N–H and O–H groups in total. The van der Waals surface area contributed by atoms with Crippen molar-refractivity contribution < 1.29 is 24.6 Å². The van der Waals surface area contributed by atoms with Crippen molar-refractivity contribution in [3.05, 3.63) is 42.0 Å². The molecule has 2 fully saturated rings. The Hall–Kier alpha value is -2.83. The van der Waals surface area contributed by atoms with E-state index in [0.29, 0.717) is 43.6 Å². The average molecular weight is 457 g/mol. The molecule has 2 aliphatic rings. The van der Waals surface area contributed by atoms with Crippen LogP contribution < -0.4 is 10.6 Å². The SMILES string of the molecule is O=C(O)CCCC=CC[C@@H]1[C@@H]2CC[C@@H](C2)[C@@H]1CNC(=O)CNC(=O)CCc1ccc(O)cc1. The van der Waals surface area contributed by atoms with Crippen molar-refractivity contribution in [2.45, 2.75) is 57.8 Å². The van der Waals surface area contributed by atoms with Crippen molar-refractivity contribution in [1.29, 1.82) is 0 Å². The normalized spacial score (nSPS) is 23.6. The summed E-state index contributed by atoms with van der Waals surface area (Å²) in [6, 6.07) is 6.76. The second-order valence-electron chi connectivity index (χ2n) is 9.40. The first-order valence-electron chi connectivity index (χ1n) is 12.1. The molecule has 0 aliphatic heterocycles. The predicted molar refractivity (Wildman–Crippen MR) is 126 cm³/mol. The molecule has 2 saturated carbocycles. The Labute approximate surface area is 195 Å². The highest BCUT2D eigenvalue weighted by atomic mass is 16.4. The largest absolute Gasteiger partial charge is 0.508 e. The van der Waals surface area contributed by atoms with Crippen LogP contribution in [-0.4, -0.2) is 41.1 Å². The number of carboxylic acids is 1. The Kier molecular flexibility index (Phi) is 9.34. The highest BCUT2D eigenvalue weighted by Crippen LogP contribution is 2.53. The summed E-state index contributed by atoms with van der Waals surface area (Å²) in [5.41, 5.74) is 0.964. The van der Waals surface area contributed by atoms with Crippen LogP contribution in [0.1, 0.15) is 56.9 Å². The summed E-state index contributed by atoms with van der Waals surface area (Å²) in [4.78, 5) is 34.9. The van der Waals surface area contributed by atoms with E-state index in [4.69, 9.17) is 5.11 Å². The summed E-state index contributed by atoms with van der Waals surface area (Å²) in [6.07, 6.45) is 11.5. The molecule has 7 heteroatoms. The lowest BCUT2D eigenvalue weighted by atomic mass is 9.77. The number of unbranched alkanes of at least 4 members (excludes halogenated alkanes) is 1. The number of fused-ring (bicyclic) bond motifs is 2. The second kappa shape index (κ2) is 12.4. The number of carbonyl (C=O) groups excluding carboxylic acids is 2. The van der Waals surface area contributed by atoms with Crippen molar-refractivity contribution in [3.8, 4) is 5.75 Å². The molecule has 0 unspecified atom stereocenters. The minimum absolute atomic E-state index is 0.0105. The van der Waals surface area contributed by atoms with Crippen LogP contribution in [0.4, 0.5) is 0 Å². The minimum Gasteiger partial charge on any atom is -0.508 e. The van der Waals surface area contributed by atoms with Crippen LogP contribution in [0.2, 0.25) is 0 Å². The van der Waals surface area contributed by atoms with E-state index in [-0.39, 0.29) is 30.5 Å². The van der Waals surface area contributed by atoms with E-state index in [1.165, 1.54) is 19.3 Å². The Morgan fingerprint density at radius 2 is 1.67 bits per heavy atom. The fraction of sp³-hybridized carbons (Fsp3) is 0.577. The smallest absolute Gasteiger partial charge is 0.303 e. The zero-order chi connectivity index (χ0) is 23.6. The number of aliphatic carboxylic acids is 1. The number of phenolic OH excluding ortho intramolecular Hbond substituents is 1. The number of carboxylic acid groups (broad SMARTS) is 1. The highest BCUT2D eigenvalue weighted by molar-refractivity contribution is 5.84. The first kappa shape index (κ1) is 24.8. The first-order chi connectivity index (χ1) is 15.9. The first-order valence-corrected chi connectivity index (χ1v) is 12.1. The molecule has 0 spiro atoms. The quantitative estimate of drug-likeness (QED) is 0.268. The lowest BCUT2D eigenvalue weighted by molar-refractivity contribution is -0.137. The van der Waals surface area contributed by atoms with Crippen molar-refractivity contribution in [2.75, 3.05) is 13.1 Å². The molecule has 0 aromatic heterocycles. The van der Waals surface area contributed by atoms with Gasteiger partial charge in [-0.2, -0.15) is 0 Å². The van der Waals surface area contributed by atoms with Gasteiger partial charge in [-0.3, -0.25) is 14.4 Å². The number of hydrogen-bond donors (Lipinski definition) is 4. The van der Waals surface area contributed by atoms with Crippen molar-refractivity contribution >= 4 is 17.8 Å². The number of aromatic hydroxyl groups is 1. The average Bonchev–Trinajstić information content (AvgIpc) is 3.40. The highest BCUT2D eigenvalue weighted by Gasteiger charge is 2.46. The standard InChI is InChI=1S/C26H36N2O5/c29-21-12-7-18(8-13-21)9-14-24(30)28-17-25(31)27-16-23-20-11-10-19(15-20)22(23)5-3-1-2-4-6-26(32)33/h1,3,7-8,12-13,19-20,22-23,29H,2,4-6,9-11,14-17H2,(H,27,31)(H,28,30)(H,32,33)/t19-,20+,22-,23+/m1/s1. The van der Waals surface area contributed by atoms with E-state index >= 15 is 0 Å². The maximum Gasteiger partial charge on any atom is 0.303 e. The van der Waals surface area contributed by atoms with Crippen LogP contribution in [-0.2, 0) is 20.8 Å². The maximum absolute atomic E-state index is 12.3. The zero-order valence-electron chi connectivity index (χ0n) is 19.2. The van der Waals surface area contributed by atoms with Gasteiger partial charge in [0.05, 0.1) is 6.54 Å². The number of hydrogen-bond acceptors (Lipinski definition) is 4. The number of phenols is 1. The van der Waals surface area contributed by atoms with Crippen LogP contribution in [0.25, 0.3) is 0 Å². The van der Waals surface area contributed by atoms with Gasteiger partial charge >= 0.3 is 5.97 Å². The Bertz CT molecular complexity index is 836. The van der Waals surface area contributed by atoms with Gasteiger partial charge in [-0.05, 0) is 86.3 Å². The van der Waals surface area contributed by atoms with E-state index in [2.05, 4.69) is 22.8 Å². The number of rotatable bonds is 13. The van der Waals surface area contributed by atoms with Gasteiger partial charge in [-0.15, -0.1) is 0 Å². The van der Waals surface area contributed by atoms with E-state index in [0.717, 1.165) is 24.3 Å². The third kappa shape index (κ3) is 7.91. The maximum atomic E-state index is 12.3. The molecule has 1 aromatic rings. The minimum atomic E-state index is -0.749. The molecule has 0 saturated heterocycles. The summed E-state index contributed by atoms with van der Waals surface area (Å²) < 4.78 is 0. The fourth-order valence-corrected chi connectivity index (χ4v) is 5.44. The molecule has 2 aliphatic carbocycles. The van der Waals surface area contributed by atoms with Gasteiger partial charge in [-0.1, -0.05) is 24.3 Å². The summed E-state index contributed by atoms with van der Waals surface area (Å²) in [7, 11) is 0. The zero-order valence-corrected chi connectivity index (χ0v) is 19.2. The van der Waals surface area contributed by atoms with Gasteiger partial charge in [0.25, 0.3) is 0 Å². The summed E-state index contributed by atoms with van der Waals surface area (Å²) in [6.45, 7) is 0.643. The van der Waals surface area contributed by atoms with Gasteiger partial charge in [0, 0.05) is 19.4 Å². The molecule has 0 heterocycles. The molecule has 1 aromatic carbocycles. The number of allylic oxidation sites excluding steroid dienone is 2. The van der Waals surface area contributed by atoms with E-state index < -0.39 is 5.97 Å². The second-order valence-corrected chi connectivity index (χ2v) is 9.40. The Morgan fingerprint density at radius 1 is 0.939 bits per heavy atom. The van der Waals surface area contributed by atoms with Crippen LogP contribution in [0.5, 0.6) is 5.75 Å². The molecule has 7 nitrogen and oxygen atoms in total. The monoisotopic (exact) mass is 456 g/mol.